The van der Waals surface area contributed by atoms with Gasteiger partial charge < -0.3 is 15.7 Å². The van der Waals surface area contributed by atoms with Crippen LogP contribution in [0.3, 0.4) is 0 Å². The smallest absolute Gasteiger partial charge is 0.326 e. The average molecular weight is 256 g/mol. The second-order valence-electron chi connectivity index (χ2n) is 5.47. The Bertz CT molecular complexity index is 286. The van der Waals surface area contributed by atoms with E-state index in [1.165, 1.54) is 6.42 Å². The number of nitrogens with one attached hydrogen (secondary N) is 2. The molecule has 1 atom stereocenters. The highest BCUT2D eigenvalue weighted by Gasteiger charge is 2.22. The zero-order chi connectivity index (χ0) is 13.5. The summed E-state index contributed by atoms with van der Waals surface area (Å²) in [6, 6.07) is -0.948. The first kappa shape index (κ1) is 14.8. The van der Waals surface area contributed by atoms with Crippen LogP contribution < -0.4 is 10.6 Å². The van der Waals surface area contributed by atoms with Crippen LogP contribution in [0, 0.1) is 5.92 Å². The van der Waals surface area contributed by atoms with E-state index in [1.54, 1.807) is 0 Å². The second kappa shape index (κ2) is 7.24. The van der Waals surface area contributed by atoms with Crippen LogP contribution in [-0.2, 0) is 4.79 Å². The molecule has 0 bridgehead atoms. The Balaban J connectivity index is 2.37. The van der Waals surface area contributed by atoms with E-state index in [0.29, 0.717) is 6.42 Å². The van der Waals surface area contributed by atoms with E-state index in [0.717, 1.165) is 25.7 Å². The Kier molecular flexibility index (Phi) is 5.95. The molecule has 0 heterocycles. The highest BCUT2D eigenvalue weighted by Crippen LogP contribution is 2.17. The van der Waals surface area contributed by atoms with E-state index in [2.05, 4.69) is 10.6 Å². The summed E-state index contributed by atoms with van der Waals surface area (Å²) in [6.07, 6.45) is 5.95. The lowest BCUT2D eigenvalue weighted by Crippen LogP contribution is -2.49. The van der Waals surface area contributed by atoms with E-state index < -0.39 is 12.0 Å². The van der Waals surface area contributed by atoms with Crippen LogP contribution in [-0.4, -0.2) is 29.2 Å². The number of hydrogen-bond donors (Lipinski definition) is 3. The first-order valence-corrected chi connectivity index (χ1v) is 6.79. The number of rotatable bonds is 5. The number of amides is 2. The SMILES string of the molecule is CC(C)CC(NC(=O)NC1CCCCC1)C(=O)O. The molecule has 0 saturated heterocycles. The van der Waals surface area contributed by atoms with Gasteiger partial charge >= 0.3 is 12.0 Å². The minimum Gasteiger partial charge on any atom is -0.480 e. The third-order valence-corrected chi connectivity index (χ3v) is 3.25. The van der Waals surface area contributed by atoms with Crippen molar-refractivity contribution in [2.24, 2.45) is 5.92 Å². The first-order valence-electron chi connectivity index (χ1n) is 6.79. The molecule has 5 nitrogen and oxygen atoms in total. The molecule has 1 aliphatic rings. The predicted molar refractivity (Wildman–Crippen MR) is 69.4 cm³/mol. The van der Waals surface area contributed by atoms with E-state index in [4.69, 9.17) is 5.11 Å². The molecular formula is C13H24N2O3. The molecule has 0 radical (unpaired) electrons. The summed E-state index contributed by atoms with van der Waals surface area (Å²) in [4.78, 5) is 22.7. The van der Waals surface area contributed by atoms with Gasteiger partial charge in [-0.25, -0.2) is 9.59 Å². The summed E-state index contributed by atoms with van der Waals surface area (Å²) in [6.45, 7) is 3.88. The fourth-order valence-corrected chi connectivity index (χ4v) is 2.33. The van der Waals surface area contributed by atoms with Gasteiger partial charge in [-0.2, -0.15) is 0 Å². The summed E-state index contributed by atoms with van der Waals surface area (Å²) in [5.74, 6) is -0.733. The van der Waals surface area contributed by atoms with Gasteiger partial charge in [-0.1, -0.05) is 33.1 Å². The molecule has 1 unspecified atom stereocenters. The van der Waals surface area contributed by atoms with Crippen molar-refractivity contribution in [3.05, 3.63) is 0 Å². The fourth-order valence-electron chi connectivity index (χ4n) is 2.33. The minimum atomic E-state index is -0.970. The summed E-state index contributed by atoms with van der Waals surface area (Å²) in [7, 11) is 0. The maximum atomic E-state index is 11.7. The third-order valence-electron chi connectivity index (χ3n) is 3.25. The number of carboxylic acid groups (broad SMARTS) is 1. The third kappa shape index (κ3) is 5.38. The number of hydrogen-bond acceptors (Lipinski definition) is 2. The number of carbonyl (C=O) groups excluding carboxylic acids is 1. The van der Waals surface area contributed by atoms with E-state index in [9.17, 15) is 9.59 Å². The van der Waals surface area contributed by atoms with Gasteiger partial charge in [0.05, 0.1) is 0 Å². The van der Waals surface area contributed by atoms with Crippen LogP contribution in [0.1, 0.15) is 52.4 Å². The Morgan fingerprint density at radius 1 is 1.22 bits per heavy atom. The van der Waals surface area contributed by atoms with Gasteiger partial charge in [-0.15, -0.1) is 0 Å². The van der Waals surface area contributed by atoms with E-state index in [1.807, 2.05) is 13.8 Å². The number of aliphatic carboxylic acids is 1. The van der Waals surface area contributed by atoms with Crippen molar-refractivity contribution in [2.45, 2.75) is 64.5 Å². The van der Waals surface area contributed by atoms with Crippen molar-refractivity contribution in [3.63, 3.8) is 0 Å². The molecule has 5 heteroatoms. The van der Waals surface area contributed by atoms with Crippen molar-refractivity contribution in [1.82, 2.24) is 10.6 Å². The molecule has 2 amide bonds. The van der Waals surface area contributed by atoms with Crippen LogP contribution >= 0.6 is 0 Å². The topological polar surface area (TPSA) is 78.4 Å². The van der Waals surface area contributed by atoms with Gasteiger partial charge in [-0.3, -0.25) is 0 Å². The molecule has 0 aromatic heterocycles. The Morgan fingerprint density at radius 3 is 2.33 bits per heavy atom. The molecule has 0 spiro atoms. The molecule has 18 heavy (non-hydrogen) atoms. The largest absolute Gasteiger partial charge is 0.480 e. The van der Waals surface area contributed by atoms with Gasteiger partial charge in [0, 0.05) is 6.04 Å². The van der Waals surface area contributed by atoms with Gasteiger partial charge in [-0.05, 0) is 25.2 Å². The van der Waals surface area contributed by atoms with Crippen molar-refractivity contribution < 1.29 is 14.7 Å². The highest BCUT2D eigenvalue weighted by molar-refractivity contribution is 5.82. The van der Waals surface area contributed by atoms with Crippen molar-refractivity contribution in [2.75, 3.05) is 0 Å². The quantitative estimate of drug-likeness (QED) is 0.705. The molecule has 0 aromatic carbocycles. The number of carbonyl (C=O) groups is 2. The van der Waals surface area contributed by atoms with Crippen LogP contribution in [0.2, 0.25) is 0 Å². The Labute approximate surface area is 108 Å². The lowest BCUT2D eigenvalue weighted by Gasteiger charge is -2.24. The first-order chi connectivity index (χ1) is 8.49. The van der Waals surface area contributed by atoms with Gasteiger partial charge in [0.25, 0.3) is 0 Å². The Hall–Kier alpha value is -1.26. The van der Waals surface area contributed by atoms with Crippen LogP contribution in [0.15, 0.2) is 0 Å². The summed E-state index contributed by atoms with van der Waals surface area (Å²) in [5.41, 5.74) is 0. The zero-order valence-electron chi connectivity index (χ0n) is 11.2. The van der Waals surface area contributed by atoms with E-state index >= 15 is 0 Å². The minimum absolute atomic E-state index is 0.201. The van der Waals surface area contributed by atoms with Crippen LogP contribution in [0.25, 0.3) is 0 Å². The van der Waals surface area contributed by atoms with Gasteiger partial charge in [0.15, 0.2) is 0 Å². The van der Waals surface area contributed by atoms with Crippen LogP contribution in [0.5, 0.6) is 0 Å². The van der Waals surface area contributed by atoms with Crippen molar-refractivity contribution >= 4 is 12.0 Å². The molecule has 0 aliphatic heterocycles. The fraction of sp³-hybridized carbons (Fsp3) is 0.846. The number of carboxylic acids is 1. The summed E-state index contributed by atoms with van der Waals surface area (Å²) in [5, 5.41) is 14.4. The molecule has 1 fully saturated rings. The molecule has 1 aliphatic carbocycles. The second-order valence-corrected chi connectivity index (χ2v) is 5.47. The normalized spacial score (nSPS) is 18.4. The van der Waals surface area contributed by atoms with Crippen LogP contribution in [0.4, 0.5) is 4.79 Å². The molecule has 3 N–H and O–H groups in total. The summed E-state index contributed by atoms with van der Waals surface area (Å²) >= 11 is 0. The molecule has 0 aromatic rings. The molecular weight excluding hydrogens is 232 g/mol. The molecule has 1 saturated carbocycles. The monoisotopic (exact) mass is 256 g/mol. The maximum absolute atomic E-state index is 11.7. The van der Waals surface area contributed by atoms with Gasteiger partial charge in [0.2, 0.25) is 0 Å². The zero-order valence-corrected chi connectivity index (χ0v) is 11.2. The van der Waals surface area contributed by atoms with E-state index in [-0.39, 0.29) is 18.0 Å². The lowest BCUT2D eigenvalue weighted by molar-refractivity contribution is -0.139. The lowest BCUT2D eigenvalue weighted by atomic mass is 9.96. The standard InChI is InChI=1S/C13H24N2O3/c1-9(2)8-11(12(16)17)15-13(18)14-10-6-4-3-5-7-10/h9-11H,3-8H2,1-2H3,(H,16,17)(H2,14,15,18). The Morgan fingerprint density at radius 2 is 1.83 bits per heavy atom. The van der Waals surface area contributed by atoms with Crippen molar-refractivity contribution in [1.29, 1.82) is 0 Å². The van der Waals surface area contributed by atoms with Crippen molar-refractivity contribution in [3.8, 4) is 0 Å². The molecule has 1 rings (SSSR count). The molecule has 104 valence electrons. The highest BCUT2D eigenvalue weighted by atomic mass is 16.4. The maximum Gasteiger partial charge on any atom is 0.326 e. The average Bonchev–Trinajstić information content (AvgIpc) is 2.28. The van der Waals surface area contributed by atoms with Gasteiger partial charge in [0.1, 0.15) is 6.04 Å². The summed E-state index contributed by atoms with van der Waals surface area (Å²) < 4.78 is 0. The predicted octanol–water partition coefficient (Wildman–Crippen LogP) is 2.12. The number of urea groups is 1.